The highest BCUT2D eigenvalue weighted by Crippen LogP contribution is 2.30. The van der Waals surface area contributed by atoms with Crippen molar-refractivity contribution in [3.63, 3.8) is 0 Å². The van der Waals surface area contributed by atoms with E-state index in [0.29, 0.717) is 10.6 Å². The number of hydrogen-bond donors (Lipinski definition) is 1. The molecular weight excluding hydrogens is 696 g/mol. The van der Waals surface area contributed by atoms with E-state index in [1.54, 1.807) is 36.4 Å². The minimum Gasteiger partial charge on any atom is -0.352 e. The Kier molecular flexibility index (Phi) is 12.0. The molecule has 1 atom stereocenters. The van der Waals surface area contributed by atoms with Gasteiger partial charge in [0.15, 0.2) is 0 Å². The molecule has 0 saturated heterocycles. The number of amides is 2. The molecule has 0 spiro atoms. The van der Waals surface area contributed by atoms with E-state index in [1.165, 1.54) is 23.1 Å². The number of hydrogen-bond acceptors (Lipinski definition) is 4. The van der Waals surface area contributed by atoms with E-state index in [-0.39, 0.29) is 45.5 Å². The highest BCUT2D eigenvalue weighted by atomic mass is 35.5. The number of carbonyl (C=O) groups excluding carboxylic acids is 2. The lowest BCUT2D eigenvalue weighted by atomic mass is 9.94. The van der Waals surface area contributed by atoms with Gasteiger partial charge in [0.2, 0.25) is 11.8 Å². The summed E-state index contributed by atoms with van der Waals surface area (Å²) in [4.78, 5) is 30.1. The zero-order chi connectivity index (χ0) is 34.3. The minimum atomic E-state index is -4.37. The number of sulfonamides is 1. The summed E-state index contributed by atoms with van der Waals surface area (Å²) in [6.07, 6.45) is 4.89. The first-order chi connectivity index (χ1) is 23.0. The number of halogens is 4. The van der Waals surface area contributed by atoms with Crippen LogP contribution in [-0.2, 0) is 32.6 Å². The Labute approximate surface area is 295 Å². The molecule has 7 nitrogen and oxygen atoms in total. The quantitative estimate of drug-likeness (QED) is 0.160. The Morgan fingerprint density at radius 2 is 1.50 bits per heavy atom. The minimum absolute atomic E-state index is 0.0191. The van der Waals surface area contributed by atoms with Gasteiger partial charge >= 0.3 is 0 Å². The van der Waals surface area contributed by atoms with Crippen molar-refractivity contribution >= 4 is 62.3 Å². The molecule has 5 rings (SSSR count). The third-order valence-electron chi connectivity index (χ3n) is 8.38. The van der Waals surface area contributed by atoms with Gasteiger partial charge in [0.1, 0.15) is 18.4 Å². The molecule has 48 heavy (non-hydrogen) atoms. The second-order valence-corrected chi connectivity index (χ2v) is 14.8. The van der Waals surface area contributed by atoms with Crippen molar-refractivity contribution in [1.82, 2.24) is 10.2 Å². The molecule has 0 bridgehead atoms. The molecule has 4 aromatic rings. The lowest BCUT2D eigenvalue weighted by molar-refractivity contribution is -0.140. The molecule has 0 heterocycles. The van der Waals surface area contributed by atoms with Gasteiger partial charge in [0.25, 0.3) is 10.0 Å². The Morgan fingerprint density at radius 1 is 0.833 bits per heavy atom. The van der Waals surface area contributed by atoms with Crippen LogP contribution in [-0.4, -0.2) is 43.8 Å². The second kappa shape index (κ2) is 16.2. The van der Waals surface area contributed by atoms with Gasteiger partial charge in [0, 0.05) is 29.1 Å². The highest BCUT2D eigenvalue weighted by molar-refractivity contribution is 7.92. The number of carbonyl (C=O) groups is 2. The fourth-order valence-electron chi connectivity index (χ4n) is 5.82. The average molecular weight is 731 g/mol. The Hall–Kier alpha value is -3.63. The van der Waals surface area contributed by atoms with E-state index in [9.17, 15) is 22.4 Å². The van der Waals surface area contributed by atoms with Gasteiger partial charge in [-0.3, -0.25) is 13.9 Å². The van der Waals surface area contributed by atoms with Gasteiger partial charge in [-0.25, -0.2) is 12.8 Å². The van der Waals surface area contributed by atoms with Crippen molar-refractivity contribution in [2.45, 2.75) is 62.0 Å². The summed E-state index contributed by atoms with van der Waals surface area (Å²) in [6.45, 7) is -0.833. The zero-order valence-electron chi connectivity index (χ0n) is 26.0. The molecule has 1 aliphatic carbocycles. The van der Waals surface area contributed by atoms with Crippen LogP contribution in [0.15, 0.2) is 102 Å². The van der Waals surface area contributed by atoms with Crippen LogP contribution < -0.4 is 9.62 Å². The van der Waals surface area contributed by atoms with Crippen LogP contribution in [0.4, 0.5) is 10.1 Å². The number of anilines is 1. The summed E-state index contributed by atoms with van der Waals surface area (Å²) in [6, 6.07) is 24.1. The van der Waals surface area contributed by atoms with Crippen molar-refractivity contribution in [2.75, 3.05) is 10.8 Å². The molecule has 12 heteroatoms. The molecule has 0 radical (unpaired) electrons. The normalized spacial score (nSPS) is 14.2. The first-order valence-electron chi connectivity index (χ1n) is 15.6. The lowest BCUT2D eigenvalue weighted by Crippen LogP contribution is -2.55. The van der Waals surface area contributed by atoms with E-state index in [2.05, 4.69) is 5.32 Å². The van der Waals surface area contributed by atoms with Crippen molar-refractivity contribution in [2.24, 2.45) is 0 Å². The molecule has 1 fully saturated rings. The first kappa shape index (κ1) is 35.7. The van der Waals surface area contributed by atoms with E-state index in [0.717, 1.165) is 54.1 Å². The molecule has 0 aromatic heterocycles. The summed E-state index contributed by atoms with van der Waals surface area (Å²) in [7, 11) is -4.37. The van der Waals surface area contributed by atoms with Crippen molar-refractivity contribution in [3.8, 4) is 0 Å². The van der Waals surface area contributed by atoms with E-state index in [1.807, 2.05) is 30.3 Å². The largest absolute Gasteiger partial charge is 0.352 e. The van der Waals surface area contributed by atoms with Crippen LogP contribution in [0.1, 0.15) is 43.2 Å². The maximum atomic E-state index is 14.6. The maximum Gasteiger partial charge on any atom is 0.264 e. The molecule has 0 aliphatic heterocycles. The predicted octanol–water partition coefficient (Wildman–Crippen LogP) is 8.07. The van der Waals surface area contributed by atoms with E-state index < -0.39 is 34.3 Å². The monoisotopic (exact) mass is 729 g/mol. The first-order valence-corrected chi connectivity index (χ1v) is 18.2. The van der Waals surface area contributed by atoms with Gasteiger partial charge in [-0.1, -0.05) is 109 Å². The Bertz CT molecular complexity index is 1840. The summed E-state index contributed by atoms with van der Waals surface area (Å²) in [5.74, 6) is -1.78. The van der Waals surface area contributed by atoms with E-state index >= 15 is 0 Å². The second-order valence-electron chi connectivity index (χ2n) is 11.7. The molecule has 1 saturated carbocycles. The number of nitrogens with zero attached hydrogens (tertiary/aromatic N) is 2. The zero-order valence-corrected chi connectivity index (χ0v) is 29.1. The smallest absolute Gasteiger partial charge is 0.264 e. The molecule has 1 N–H and O–H groups in total. The number of nitrogens with one attached hydrogen (secondary N) is 1. The van der Waals surface area contributed by atoms with Gasteiger partial charge in [0.05, 0.1) is 15.6 Å². The van der Waals surface area contributed by atoms with Crippen LogP contribution in [0, 0.1) is 5.82 Å². The molecule has 0 unspecified atom stereocenters. The molecular formula is C36H35Cl3FN3O4S. The number of benzene rings is 4. The summed E-state index contributed by atoms with van der Waals surface area (Å²) in [5, 5.41) is 3.53. The molecule has 252 valence electrons. The van der Waals surface area contributed by atoms with Gasteiger partial charge in [-0.2, -0.15) is 0 Å². The number of rotatable bonds is 12. The standard InChI is InChI=1S/C36H35Cl3FN3O4S/c37-27-17-16-26(31(38)21-27)23-42(34(20-25-10-4-1-5-11-25)36(45)41-28-12-6-2-7-13-28)35(44)24-43(29-18-19-33(40)32(39)22-29)48(46,47)30-14-8-3-9-15-30/h1,3-5,8-11,14-19,21-22,28,34H,2,6-7,12-13,20,23-24H2,(H,41,45)/t34-/m0/s1. The third-order valence-corrected chi connectivity index (χ3v) is 11.0. The SMILES string of the molecule is O=C(NC1CCCCC1)[C@H](Cc1ccccc1)N(Cc1ccc(Cl)cc1Cl)C(=O)CN(c1ccc(F)c(Cl)c1)S(=O)(=O)c1ccccc1. The maximum absolute atomic E-state index is 14.6. The van der Waals surface area contributed by atoms with Crippen LogP contribution in [0.5, 0.6) is 0 Å². The lowest BCUT2D eigenvalue weighted by Gasteiger charge is -2.35. The summed E-state index contributed by atoms with van der Waals surface area (Å²) < 4.78 is 43.3. The Balaban J connectivity index is 1.59. The fourth-order valence-corrected chi connectivity index (χ4v) is 7.89. The van der Waals surface area contributed by atoms with Crippen molar-refractivity contribution < 1.29 is 22.4 Å². The molecule has 2 amide bonds. The topological polar surface area (TPSA) is 86.8 Å². The van der Waals surface area contributed by atoms with Gasteiger partial charge < -0.3 is 10.2 Å². The van der Waals surface area contributed by atoms with Gasteiger partial charge in [-0.15, -0.1) is 0 Å². The van der Waals surface area contributed by atoms with E-state index in [4.69, 9.17) is 34.8 Å². The van der Waals surface area contributed by atoms with Crippen molar-refractivity contribution in [3.05, 3.63) is 129 Å². The summed E-state index contributed by atoms with van der Waals surface area (Å²) >= 11 is 18.9. The molecule has 4 aromatic carbocycles. The van der Waals surface area contributed by atoms with Crippen LogP contribution >= 0.6 is 34.8 Å². The van der Waals surface area contributed by atoms with Crippen LogP contribution in [0.25, 0.3) is 0 Å². The van der Waals surface area contributed by atoms with Crippen LogP contribution in [0.2, 0.25) is 15.1 Å². The third kappa shape index (κ3) is 8.88. The Morgan fingerprint density at radius 3 is 2.15 bits per heavy atom. The van der Waals surface area contributed by atoms with Crippen molar-refractivity contribution in [1.29, 1.82) is 0 Å². The fraction of sp³-hybridized carbons (Fsp3) is 0.278. The highest BCUT2D eigenvalue weighted by Gasteiger charge is 2.36. The van der Waals surface area contributed by atoms with Gasteiger partial charge in [-0.05, 0) is 66.4 Å². The average Bonchev–Trinajstić information content (AvgIpc) is 3.08. The predicted molar refractivity (Wildman–Crippen MR) is 188 cm³/mol. The summed E-state index contributed by atoms with van der Waals surface area (Å²) in [5.41, 5.74) is 1.30. The van der Waals surface area contributed by atoms with Crippen LogP contribution in [0.3, 0.4) is 0 Å². The molecule has 1 aliphatic rings.